The Hall–Kier alpha value is -3.13. The van der Waals surface area contributed by atoms with Crippen molar-refractivity contribution in [1.29, 1.82) is 5.41 Å². The van der Waals surface area contributed by atoms with Crippen molar-refractivity contribution < 1.29 is 4.74 Å². The van der Waals surface area contributed by atoms with Crippen molar-refractivity contribution in [3.05, 3.63) is 112 Å². The van der Waals surface area contributed by atoms with Crippen LogP contribution in [0.1, 0.15) is 81.4 Å². The number of hydrogen-bond donors (Lipinski definition) is 1. The fraction of sp³-hybridized carbons (Fsp3) is 0.447. The third-order valence-electron chi connectivity index (χ3n) is 11.3. The molecule has 7 atom stereocenters. The van der Waals surface area contributed by atoms with Gasteiger partial charge >= 0.3 is 0 Å². The van der Waals surface area contributed by atoms with Crippen molar-refractivity contribution in [2.24, 2.45) is 29.6 Å². The minimum atomic E-state index is 0.115. The van der Waals surface area contributed by atoms with E-state index in [1.165, 1.54) is 35.3 Å². The van der Waals surface area contributed by atoms with E-state index in [4.69, 9.17) is 10.1 Å². The van der Waals surface area contributed by atoms with Gasteiger partial charge < -0.3 is 10.1 Å². The normalized spacial score (nSPS) is 36.4. The first kappa shape index (κ1) is 24.6. The Morgan fingerprint density at radius 2 is 1.80 bits per heavy atom. The summed E-state index contributed by atoms with van der Waals surface area (Å²) >= 11 is 0. The molecular weight excluding hydrogens is 486 g/mol. The standard InChI is InChI=1S/C38H41NO/c1-38(2)34-19-25(24-13-11-23(22-39)12-14-24)15-17-28(34)29-18-16-26(20-35(29)38)32-21-33-30-8-5-6-10-36(30)40-37(33)31-9-4-3-7-27(31)32/h3-5,7-9,13,16,18-23,27-28,30-31,34,36,39H,6,10-12,14-15,17H2,1-2H3. The van der Waals surface area contributed by atoms with Crippen molar-refractivity contribution in [3.8, 4) is 0 Å². The van der Waals surface area contributed by atoms with Crippen LogP contribution in [-0.2, 0) is 10.2 Å². The second kappa shape index (κ2) is 9.20. The minimum Gasteiger partial charge on any atom is -0.493 e. The van der Waals surface area contributed by atoms with Gasteiger partial charge in [-0.05, 0) is 108 Å². The Bertz CT molecular complexity index is 1490. The molecule has 1 aliphatic heterocycles. The fourth-order valence-corrected chi connectivity index (χ4v) is 9.10. The van der Waals surface area contributed by atoms with Crippen molar-refractivity contribution in [3.63, 3.8) is 0 Å². The first-order chi connectivity index (χ1) is 19.5. The molecule has 0 spiro atoms. The van der Waals surface area contributed by atoms with Gasteiger partial charge in [-0.3, -0.25) is 0 Å². The van der Waals surface area contributed by atoms with Crippen LogP contribution in [0.4, 0.5) is 0 Å². The van der Waals surface area contributed by atoms with E-state index in [-0.39, 0.29) is 5.41 Å². The van der Waals surface area contributed by atoms with Gasteiger partial charge in [-0.2, -0.15) is 0 Å². The van der Waals surface area contributed by atoms with Gasteiger partial charge in [0, 0.05) is 23.3 Å². The van der Waals surface area contributed by atoms with Gasteiger partial charge in [-0.15, -0.1) is 0 Å². The molecule has 2 heteroatoms. The summed E-state index contributed by atoms with van der Waals surface area (Å²) in [5.74, 6) is 3.90. The molecule has 204 valence electrons. The molecule has 2 nitrogen and oxygen atoms in total. The SMILES string of the molecule is CC1(C)c2cc(C3=CC4=C(OC5CCC=CC45)C4C=CC=CC34)ccc2C2CCC(C3=CCC(C=N)CC3)=CC21. The van der Waals surface area contributed by atoms with E-state index in [9.17, 15) is 0 Å². The molecule has 40 heavy (non-hydrogen) atoms. The molecule has 8 rings (SSSR count). The van der Waals surface area contributed by atoms with Gasteiger partial charge in [0.15, 0.2) is 0 Å². The molecule has 0 aromatic heterocycles. The van der Waals surface area contributed by atoms with Gasteiger partial charge in [0.2, 0.25) is 0 Å². The Balaban J connectivity index is 1.16. The molecule has 0 saturated heterocycles. The summed E-state index contributed by atoms with van der Waals surface area (Å²) in [6, 6.07) is 7.49. The van der Waals surface area contributed by atoms with Crippen LogP contribution in [0.15, 0.2) is 95.4 Å². The van der Waals surface area contributed by atoms with E-state index in [1.807, 2.05) is 0 Å². The average Bonchev–Trinajstić information content (AvgIpc) is 3.49. The zero-order chi connectivity index (χ0) is 27.0. The predicted molar refractivity (Wildman–Crippen MR) is 164 cm³/mol. The van der Waals surface area contributed by atoms with E-state index in [0.29, 0.717) is 41.6 Å². The number of benzene rings is 1. The number of ether oxygens (including phenoxy) is 1. The predicted octanol–water partition coefficient (Wildman–Crippen LogP) is 9.15. The number of fused-ring (bicyclic) bond motifs is 7. The third kappa shape index (κ3) is 3.64. The molecular formula is C38H41NO. The largest absolute Gasteiger partial charge is 0.493 e. The summed E-state index contributed by atoms with van der Waals surface area (Å²) in [6.45, 7) is 4.98. The molecule has 6 aliphatic carbocycles. The highest BCUT2D eigenvalue weighted by atomic mass is 16.5. The molecule has 1 aromatic rings. The third-order valence-corrected chi connectivity index (χ3v) is 11.3. The van der Waals surface area contributed by atoms with Crippen molar-refractivity contribution in [1.82, 2.24) is 0 Å². The Morgan fingerprint density at radius 1 is 0.950 bits per heavy atom. The lowest BCUT2D eigenvalue weighted by atomic mass is 9.69. The molecule has 7 aliphatic rings. The highest BCUT2D eigenvalue weighted by Crippen LogP contribution is 2.57. The van der Waals surface area contributed by atoms with Gasteiger partial charge in [0.1, 0.15) is 11.9 Å². The first-order valence-electron chi connectivity index (χ1n) is 15.7. The topological polar surface area (TPSA) is 33.1 Å². The van der Waals surface area contributed by atoms with E-state index in [0.717, 1.165) is 32.1 Å². The van der Waals surface area contributed by atoms with E-state index in [2.05, 4.69) is 86.7 Å². The molecule has 0 saturated carbocycles. The van der Waals surface area contributed by atoms with Crippen LogP contribution >= 0.6 is 0 Å². The van der Waals surface area contributed by atoms with E-state index >= 15 is 0 Å². The highest BCUT2D eigenvalue weighted by molar-refractivity contribution is 5.77. The van der Waals surface area contributed by atoms with Gasteiger partial charge in [-0.1, -0.05) is 86.7 Å². The first-order valence-corrected chi connectivity index (χ1v) is 15.7. The van der Waals surface area contributed by atoms with Crippen molar-refractivity contribution >= 4 is 11.8 Å². The molecule has 0 bridgehead atoms. The van der Waals surface area contributed by atoms with Gasteiger partial charge in [-0.25, -0.2) is 0 Å². The lowest BCUT2D eigenvalue weighted by Gasteiger charge is -2.35. The van der Waals surface area contributed by atoms with Crippen LogP contribution in [0.2, 0.25) is 0 Å². The van der Waals surface area contributed by atoms with Crippen LogP contribution in [0.25, 0.3) is 5.57 Å². The van der Waals surface area contributed by atoms with Crippen LogP contribution in [0.3, 0.4) is 0 Å². The smallest absolute Gasteiger partial charge is 0.109 e. The lowest BCUT2D eigenvalue weighted by molar-refractivity contribution is 0.0971. The second-order valence-corrected chi connectivity index (χ2v) is 13.7. The number of rotatable bonds is 3. The Kier molecular flexibility index (Phi) is 5.67. The van der Waals surface area contributed by atoms with Crippen LogP contribution < -0.4 is 0 Å². The molecule has 1 heterocycles. The molecule has 1 N–H and O–H groups in total. The maximum atomic E-state index is 7.66. The lowest BCUT2D eigenvalue weighted by Crippen LogP contribution is -2.27. The monoisotopic (exact) mass is 527 g/mol. The number of hydrogen-bond acceptors (Lipinski definition) is 2. The average molecular weight is 528 g/mol. The molecule has 0 amide bonds. The Morgan fingerprint density at radius 3 is 2.62 bits per heavy atom. The summed E-state index contributed by atoms with van der Waals surface area (Å²) in [4.78, 5) is 0. The minimum absolute atomic E-state index is 0.115. The van der Waals surface area contributed by atoms with Crippen LogP contribution in [-0.4, -0.2) is 12.3 Å². The highest BCUT2D eigenvalue weighted by Gasteiger charge is 2.48. The van der Waals surface area contributed by atoms with Crippen molar-refractivity contribution in [2.45, 2.75) is 76.2 Å². The summed E-state index contributed by atoms with van der Waals surface area (Å²) in [6.07, 6.45) is 31.5. The van der Waals surface area contributed by atoms with Crippen LogP contribution in [0, 0.1) is 35.0 Å². The summed E-state index contributed by atoms with van der Waals surface area (Å²) in [5.41, 5.74) is 10.7. The molecule has 0 radical (unpaired) electrons. The second-order valence-electron chi connectivity index (χ2n) is 13.7. The zero-order valence-electron chi connectivity index (χ0n) is 23.9. The summed E-state index contributed by atoms with van der Waals surface area (Å²) in [5, 5.41) is 7.66. The van der Waals surface area contributed by atoms with Crippen molar-refractivity contribution in [2.75, 3.05) is 0 Å². The van der Waals surface area contributed by atoms with Gasteiger partial charge in [0.05, 0.1) is 0 Å². The molecule has 7 unspecified atom stereocenters. The Labute approximate surface area is 239 Å². The molecule has 0 fully saturated rings. The fourth-order valence-electron chi connectivity index (χ4n) is 9.10. The van der Waals surface area contributed by atoms with Gasteiger partial charge in [0.25, 0.3) is 0 Å². The number of allylic oxidation sites excluding steroid dienone is 11. The zero-order valence-corrected chi connectivity index (χ0v) is 23.9. The van der Waals surface area contributed by atoms with E-state index in [1.54, 1.807) is 28.5 Å². The quantitative estimate of drug-likeness (QED) is 0.308. The summed E-state index contributed by atoms with van der Waals surface area (Å²) < 4.78 is 6.64. The number of nitrogens with one attached hydrogen (secondary N) is 1. The van der Waals surface area contributed by atoms with E-state index < -0.39 is 0 Å². The maximum Gasteiger partial charge on any atom is 0.109 e. The maximum absolute atomic E-state index is 7.66. The van der Waals surface area contributed by atoms with Crippen LogP contribution in [0.5, 0.6) is 0 Å². The summed E-state index contributed by atoms with van der Waals surface area (Å²) in [7, 11) is 0. The molecule has 1 aromatic carbocycles.